The average Bonchev–Trinajstić information content (AvgIpc) is 3.76. The van der Waals surface area contributed by atoms with Gasteiger partial charge < -0.3 is 44.4 Å². The zero-order chi connectivity index (χ0) is 52.2. The topological polar surface area (TPSA) is 171 Å². The van der Waals surface area contributed by atoms with E-state index < -0.39 is 11.9 Å². The first kappa shape index (κ1) is 56.6. The van der Waals surface area contributed by atoms with Crippen LogP contribution in [0.15, 0.2) is 109 Å². The predicted molar refractivity (Wildman–Crippen MR) is 294 cm³/mol. The van der Waals surface area contributed by atoms with Crippen LogP contribution in [0.3, 0.4) is 0 Å². The zero-order valence-corrected chi connectivity index (χ0v) is 43.2. The molecule has 13 nitrogen and oxygen atoms in total. The molecule has 73 heavy (non-hydrogen) atoms. The summed E-state index contributed by atoms with van der Waals surface area (Å²) >= 11 is 0. The van der Waals surface area contributed by atoms with E-state index in [1.54, 1.807) is 18.2 Å². The second-order valence-electron chi connectivity index (χ2n) is 18.3. The van der Waals surface area contributed by atoms with Gasteiger partial charge in [-0.1, -0.05) is 122 Å². The highest BCUT2D eigenvalue weighted by atomic mass is 16.2. The third kappa shape index (κ3) is 16.1. The Morgan fingerprint density at radius 2 is 1.47 bits per heavy atom. The van der Waals surface area contributed by atoms with Crippen LogP contribution in [0.25, 0.3) is 33.4 Å². The second kappa shape index (κ2) is 31.2. The van der Waals surface area contributed by atoms with Crippen molar-refractivity contribution in [1.82, 2.24) is 29.7 Å². The van der Waals surface area contributed by atoms with Crippen molar-refractivity contribution < 1.29 is 24.0 Å². The van der Waals surface area contributed by atoms with Crippen molar-refractivity contribution in [2.45, 2.75) is 109 Å². The molecule has 1 unspecified atom stereocenters. The summed E-state index contributed by atoms with van der Waals surface area (Å²) < 4.78 is 4.42. The van der Waals surface area contributed by atoms with Crippen LogP contribution in [0.5, 0.6) is 0 Å². The standard InChI is InChI=1S/C38H38N4O.C20H29N3O4.C2H7N/c39-37-35-34(31-16-8-4-9-17-31)36(32-18-10-5-11-19-32)41(38(35)40-28-42(37)33-20-12-6-13-21-33)27-30-24-22-29(23-25-30)15-7-2-1-3-14-26-43;1-21-11-4-3-5-12-22-18-10-6-8-16(14-25)19(18)20(27)23(2)17(15-26)9-7-13-24;1-3-2/h4-5,8-11,16-19,22-26,28,33,39H,1-3,6,12-14,20-21,27H2;6,8,10,13-15,17,21-22H,3-5,7,9,11-12H2,1-2H3;3H,1-2H3. The Hall–Kier alpha value is -7.27. The molecule has 0 radical (unpaired) electrons. The van der Waals surface area contributed by atoms with Gasteiger partial charge in [-0.15, -0.1) is 0 Å². The van der Waals surface area contributed by atoms with E-state index >= 15 is 0 Å². The first-order valence-corrected chi connectivity index (χ1v) is 25.8. The summed E-state index contributed by atoms with van der Waals surface area (Å²) in [5.41, 5.74) is 9.00. The quantitative estimate of drug-likeness (QED) is 0.0277. The number of rotatable bonds is 23. The van der Waals surface area contributed by atoms with Crippen LogP contribution in [0, 0.1) is 17.3 Å². The van der Waals surface area contributed by atoms with Crippen molar-refractivity contribution in [3.05, 3.63) is 137 Å². The van der Waals surface area contributed by atoms with E-state index in [-0.39, 0.29) is 24.0 Å². The third-order valence-electron chi connectivity index (χ3n) is 12.9. The number of anilines is 1. The van der Waals surface area contributed by atoms with E-state index in [0.717, 1.165) is 115 Å². The Morgan fingerprint density at radius 3 is 2.11 bits per heavy atom. The molecule has 1 amide bonds. The number of amides is 1. The molecule has 2 heterocycles. The molecule has 6 aromatic rings. The number of unbranched alkanes of at least 4 members (excludes halogenated alkanes) is 5. The number of benzene rings is 4. The van der Waals surface area contributed by atoms with Gasteiger partial charge in [0.2, 0.25) is 0 Å². The summed E-state index contributed by atoms with van der Waals surface area (Å²) in [6.45, 7) is 2.27. The fourth-order valence-electron chi connectivity index (χ4n) is 9.12. The van der Waals surface area contributed by atoms with Gasteiger partial charge >= 0.3 is 0 Å². The van der Waals surface area contributed by atoms with Gasteiger partial charge in [-0.25, -0.2) is 4.98 Å². The van der Waals surface area contributed by atoms with Crippen LogP contribution < -0.4 is 21.4 Å². The summed E-state index contributed by atoms with van der Waals surface area (Å²) in [6.07, 6.45) is 17.5. The Balaban J connectivity index is 0.000000284. The maximum absolute atomic E-state index is 13.0. The lowest BCUT2D eigenvalue weighted by atomic mass is 9.95. The van der Waals surface area contributed by atoms with Crippen molar-refractivity contribution in [3.63, 3.8) is 0 Å². The molecule has 0 spiro atoms. The van der Waals surface area contributed by atoms with E-state index in [0.29, 0.717) is 49.3 Å². The molecular formula is C60H74N8O5. The SMILES string of the molecule is CNC.CNCCCCCNc1cccc(C=O)c1C(=O)N(C)C(C=O)CCC=O.N=c1c2c(-c3ccccc3)c(-c3ccccc3)n(Cc3ccc(C#CCCCCC=O)cc3)c2ncn1C1CCCCC1. The lowest BCUT2D eigenvalue weighted by molar-refractivity contribution is -0.112. The van der Waals surface area contributed by atoms with E-state index in [1.807, 2.05) is 39.6 Å². The minimum absolute atomic E-state index is 0.189. The Morgan fingerprint density at radius 1 is 0.795 bits per heavy atom. The fourth-order valence-corrected chi connectivity index (χ4v) is 9.12. The second-order valence-corrected chi connectivity index (χ2v) is 18.3. The Kier molecular flexibility index (Phi) is 24.2. The van der Waals surface area contributed by atoms with Gasteiger partial charge in [0.05, 0.1) is 29.0 Å². The highest BCUT2D eigenvalue weighted by Gasteiger charge is 2.27. The van der Waals surface area contributed by atoms with Gasteiger partial charge in [-0.2, -0.15) is 0 Å². The number of likely N-dealkylation sites (N-methyl/N-ethyl adjacent to an activating group) is 1. The number of carbonyl (C=O) groups excluding carboxylic acids is 5. The Bertz CT molecular complexity index is 2790. The van der Waals surface area contributed by atoms with Gasteiger partial charge in [0, 0.05) is 67.8 Å². The van der Waals surface area contributed by atoms with Crippen LogP contribution in [-0.4, -0.2) is 97.4 Å². The fraction of sp³-hybridized carbons (Fsp3) is 0.383. The van der Waals surface area contributed by atoms with E-state index in [1.165, 1.54) is 31.2 Å². The first-order valence-electron chi connectivity index (χ1n) is 25.8. The maximum Gasteiger partial charge on any atom is 0.257 e. The molecule has 1 saturated carbocycles. The number of aromatic nitrogens is 3. The summed E-state index contributed by atoms with van der Waals surface area (Å²) in [7, 11) is 7.18. The van der Waals surface area contributed by atoms with Crippen molar-refractivity contribution >= 4 is 47.8 Å². The number of hydrogen-bond acceptors (Lipinski definition) is 10. The van der Waals surface area contributed by atoms with Crippen molar-refractivity contribution in [1.29, 1.82) is 5.41 Å². The lowest BCUT2D eigenvalue weighted by Gasteiger charge is -2.25. The number of aldehydes is 4. The van der Waals surface area contributed by atoms with E-state index in [2.05, 4.69) is 110 Å². The molecule has 7 rings (SSSR count). The van der Waals surface area contributed by atoms with Gasteiger partial charge in [-0.05, 0) is 108 Å². The summed E-state index contributed by atoms with van der Waals surface area (Å²) in [5, 5.41) is 19.5. The smallest absolute Gasteiger partial charge is 0.257 e. The minimum Gasteiger partial charge on any atom is -0.384 e. The minimum atomic E-state index is -0.711. The number of carbonyl (C=O) groups is 5. The monoisotopic (exact) mass is 987 g/mol. The van der Waals surface area contributed by atoms with Crippen LogP contribution in [0.2, 0.25) is 0 Å². The largest absolute Gasteiger partial charge is 0.384 e. The first-order chi connectivity index (χ1) is 35.8. The molecule has 1 fully saturated rings. The number of nitrogens with zero attached hydrogens (tertiary/aromatic N) is 4. The van der Waals surface area contributed by atoms with Gasteiger partial charge in [-0.3, -0.25) is 15.0 Å². The highest BCUT2D eigenvalue weighted by molar-refractivity contribution is 6.07. The van der Waals surface area contributed by atoms with Gasteiger partial charge in [0.1, 0.15) is 30.0 Å². The molecule has 384 valence electrons. The van der Waals surface area contributed by atoms with Gasteiger partial charge in [0.15, 0.2) is 6.29 Å². The van der Waals surface area contributed by atoms with Crippen molar-refractivity contribution in [3.8, 4) is 34.2 Å². The summed E-state index contributed by atoms with van der Waals surface area (Å²) in [6, 6.07) is 34.1. The number of fused-ring (bicyclic) bond motifs is 1. The lowest BCUT2D eigenvalue weighted by Crippen LogP contribution is -2.39. The van der Waals surface area contributed by atoms with Crippen LogP contribution in [0.4, 0.5) is 5.69 Å². The predicted octanol–water partition coefficient (Wildman–Crippen LogP) is 10.1. The van der Waals surface area contributed by atoms with Crippen LogP contribution >= 0.6 is 0 Å². The molecule has 0 aliphatic heterocycles. The van der Waals surface area contributed by atoms with Crippen molar-refractivity contribution in [2.75, 3.05) is 46.6 Å². The molecule has 2 aromatic heterocycles. The Labute approximate surface area is 431 Å². The van der Waals surface area contributed by atoms with Crippen molar-refractivity contribution in [2.24, 2.45) is 0 Å². The van der Waals surface area contributed by atoms with E-state index in [4.69, 9.17) is 4.98 Å². The zero-order valence-electron chi connectivity index (χ0n) is 43.2. The highest BCUT2D eigenvalue weighted by Crippen LogP contribution is 2.40. The molecule has 4 aromatic carbocycles. The van der Waals surface area contributed by atoms with Crippen LogP contribution in [0.1, 0.15) is 128 Å². The average molecular weight is 987 g/mol. The molecule has 13 heteroatoms. The molecule has 1 aliphatic carbocycles. The molecule has 0 saturated heterocycles. The number of hydrogen-bond donors (Lipinski definition) is 4. The summed E-state index contributed by atoms with van der Waals surface area (Å²) in [5.74, 6) is 6.09. The molecule has 1 atom stereocenters. The molecule has 0 bridgehead atoms. The maximum atomic E-state index is 13.0. The molecular weight excluding hydrogens is 913 g/mol. The van der Waals surface area contributed by atoms with E-state index in [9.17, 15) is 29.4 Å². The summed E-state index contributed by atoms with van der Waals surface area (Å²) in [4.78, 5) is 63.2. The normalized spacial score (nSPS) is 12.4. The number of nitrogens with one attached hydrogen (secondary N) is 4. The molecule has 4 N–H and O–H groups in total. The van der Waals surface area contributed by atoms with Gasteiger partial charge in [0.25, 0.3) is 5.91 Å². The molecule has 1 aliphatic rings. The van der Waals surface area contributed by atoms with Crippen LogP contribution in [-0.2, 0) is 20.9 Å². The third-order valence-corrected chi connectivity index (χ3v) is 12.9.